The lowest BCUT2D eigenvalue weighted by Crippen LogP contribution is -2.69. The fraction of sp³-hybridized carbons (Fsp3) is 0.895. The molecule has 0 spiro atoms. The Kier molecular flexibility index (Phi) is 8.76. The van der Waals surface area contributed by atoms with Gasteiger partial charge in [0.05, 0.1) is 31.8 Å². The summed E-state index contributed by atoms with van der Waals surface area (Å²) in [6.07, 6.45) is 7.97. The number of aromatic nitrogens is 4. The maximum atomic E-state index is 13.4. The van der Waals surface area contributed by atoms with E-state index in [1.807, 2.05) is 7.05 Å². The largest absolute Gasteiger partial charge is 0.481 e. The van der Waals surface area contributed by atoms with Crippen LogP contribution in [0.25, 0.3) is 0 Å². The number of ether oxygens (including phenoxy) is 2. The van der Waals surface area contributed by atoms with E-state index >= 15 is 0 Å². The van der Waals surface area contributed by atoms with Crippen LogP contribution in [0.4, 0.5) is 5.95 Å². The fourth-order valence-corrected chi connectivity index (χ4v) is 12.5. The van der Waals surface area contributed by atoms with E-state index in [-0.39, 0.29) is 56.6 Å². The number of carboxylic acid groups (broad SMARTS) is 1. The standard InChI is InChI=1S/C38H64N6O4/c1-22(2)23(3)34(7)16-17-36(9)24-12-13-27-35(8)20-47-21-38(27,25(24)14-15-37(36,10)29(34)31(45)46)18-26(44-42-32(39)41-43-44)30(35)48-19-28(40-11)33(4,5)6/h14,22-24,26-30,40H,12-13,15-21H2,1-11H3,(H2,39,42)(H,45,46)/t23-,24+,26-,27+,28-,29-,30+,34-,35+,36-,37+,38?/m1/s1. The highest BCUT2D eigenvalue weighted by Crippen LogP contribution is 2.75. The lowest BCUT2D eigenvalue weighted by Gasteiger charge is -2.71. The van der Waals surface area contributed by atoms with Crippen LogP contribution in [0.2, 0.25) is 0 Å². The van der Waals surface area contributed by atoms with Crippen LogP contribution < -0.4 is 11.1 Å². The number of fused-ring (bicyclic) bond motifs is 3. The van der Waals surface area contributed by atoms with Crippen LogP contribution in [-0.2, 0) is 14.3 Å². The number of allylic oxidation sites excluding steroid dienone is 1. The molecule has 5 aliphatic rings. The summed E-state index contributed by atoms with van der Waals surface area (Å²) in [5.74, 6) is 0.523. The molecule has 4 fully saturated rings. The number of likely N-dealkylation sites (N-methyl/N-ethyl adjacent to an activating group) is 1. The third-order valence-corrected chi connectivity index (χ3v) is 15.7. The third kappa shape index (κ3) is 4.95. The van der Waals surface area contributed by atoms with Crippen molar-refractivity contribution in [2.45, 2.75) is 126 Å². The van der Waals surface area contributed by atoms with E-state index in [2.05, 4.69) is 96.0 Å². The second kappa shape index (κ2) is 11.8. The fourth-order valence-electron chi connectivity index (χ4n) is 12.5. The quantitative estimate of drug-likeness (QED) is 0.269. The van der Waals surface area contributed by atoms with Gasteiger partial charge in [-0.1, -0.05) is 86.0 Å². The molecule has 1 aliphatic heterocycles. The molecular formula is C38H64N6O4. The molecule has 0 radical (unpaired) electrons. The van der Waals surface area contributed by atoms with E-state index in [9.17, 15) is 9.90 Å². The average molecular weight is 669 g/mol. The molecule has 12 atom stereocenters. The minimum absolute atomic E-state index is 0.0203. The molecule has 0 amide bonds. The third-order valence-electron chi connectivity index (χ3n) is 15.7. The van der Waals surface area contributed by atoms with E-state index < -0.39 is 11.9 Å². The zero-order valence-electron chi connectivity index (χ0n) is 31.6. The van der Waals surface area contributed by atoms with E-state index in [1.165, 1.54) is 5.57 Å². The van der Waals surface area contributed by atoms with Gasteiger partial charge < -0.3 is 25.6 Å². The van der Waals surface area contributed by atoms with Crippen molar-refractivity contribution in [3.63, 3.8) is 0 Å². The summed E-state index contributed by atoms with van der Waals surface area (Å²) in [6, 6.07) is 0.00483. The Morgan fingerprint density at radius 2 is 1.85 bits per heavy atom. The first kappa shape index (κ1) is 35.8. The number of nitrogens with zero attached hydrogens (tertiary/aromatic N) is 4. The first-order valence-corrected chi connectivity index (χ1v) is 18.6. The van der Waals surface area contributed by atoms with Crippen molar-refractivity contribution >= 4 is 11.9 Å². The topological polar surface area (TPSA) is 137 Å². The summed E-state index contributed by atoms with van der Waals surface area (Å²) in [6.45, 7) is 24.7. The second-order valence-corrected chi connectivity index (χ2v) is 19.0. The van der Waals surface area contributed by atoms with E-state index in [0.717, 1.165) is 38.5 Å². The molecule has 3 saturated carbocycles. The monoisotopic (exact) mass is 668 g/mol. The maximum Gasteiger partial charge on any atom is 0.307 e. The summed E-state index contributed by atoms with van der Waals surface area (Å²) in [4.78, 5) is 15.2. The SMILES string of the molecule is CN[C@H](CO[C@H]1[C@H](n2nnc(N)n2)CC23COC[C@@]1(C)[C@@H]2CC[C@H]1C3=CC[C@@]2(C)[C@H](C(=O)O)[C@@](C)([C@H](C)C(C)C)CC[C@]12C)C(C)(C)C. The summed E-state index contributed by atoms with van der Waals surface area (Å²) in [5, 5.41) is 27.7. The first-order chi connectivity index (χ1) is 22.3. The van der Waals surface area contributed by atoms with Gasteiger partial charge >= 0.3 is 5.97 Å². The summed E-state index contributed by atoms with van der Waals surface area (Å²) >= 11 is 0. The van der Waals surface area contributed by atoms with Gasteiger partial charge in [0.2, 0.25) is 0 Å². The Bertz CT molecular complexity index is 1420. The van der Waals surface area contributed by atoms with Crippen LogP contribution in [-0.4, -0.2) is 70.3 Å². The molecule has 1 saturated heterocycles. The molecule has 48 heavy (non-hydrogen) atoms. The zero-order chi connectivity index (χ0) is 35.2. The Balaban J connectivity index is 1.43. The highest BCUT2D eigenvalue weighted by atomic mass is 16.5. The molecule has 4 N–H and O–H groups in total. The van der Waals surface area contributed by atoms with Crippen LogP contribution in [0.1, 0.15) is 114 Å². The predicted octanol–water partition coefficient (Wildman–Crippen LogP) is 6.40. The smallest absolute Gasteiger partial charge is 0.307 e. The van der Waals surface area contributed by atoms with Crippen molar-refractivity contribution < 1.29 is 19.4 Å². The lowest BCUT2D eigenvalue weighted by molar-refractivity contribution is -0.253. The molecule has 1 unspecified atom stereocenters. The van der Waals surface area contributed by atoms with Gasteiger partial charge in [0.25, 0.3) is 5.95 Å². The molecule has 10 nitrogen and oxygen atoms in total. The minimum Gasteiger partial charge on any atom is -0.481 e. The summed E-state index contributed by atoms with van der Waals surface area (Å²) < 4.78 is 13.7. The molecule has 1 aromatic rings. The number of carbonyl (C=O) groups is 1. The molecule has 2 bridgehead atoms. The number of hydrogen-bond donors (Lipinski definition) is 3. The number of aliphatic carboxylic acids is 1. The number of nitrogens with two attached hydrogens (primary N) is 1. The number of anilines is 1. The highest BCUT2D eigenvalue weighted by molar-refractivity contribution is 5.73. The normalized spacial score (nSPS) is 43.8. The van der Waals surface area contributed by atoms with E-state index in [1.54, 1.807) is 4.80 Å². The highest BCUT2D eigenvalue weighted by Gasteiger charge is 2.72. The van der Waals surface area contributed by atoms with Crippen LogP contribution in [0.5, 0.6) is 0 Å². The van der Waals surface area contributed by atoms with Gasteiger partial charge in [0, 0.05) is 16.9 Å². The van der Waals surface area contributed by atoms with Gasteiger partial charge in [0.1, 0.15) is 6.04 Å². The Morgan fingerprint density at radius 1 is 1.15 bits per heavy atom. The Labute approximate surface area is 288 Å². The van der Waals surface area contributed by atoms with E-state index in [0.29, 0.717) is 43.5 Å². The van der Waals surface area contributed by atoms with Gasteiger partial charge in [-0.3, -0.25) is 4.79 Å². The number of tetrazole rings is 1. The van der Waals surface area contributed by atoms with Gasteiger partial charge in [0.15, 0.2) is 0 Å². The molecular weight excluding hydrogens is 604 g/mol. The van der Waals surface area contributed by atoms with E-state index in [4.69, 9.17) is 15.2 Å². The Morgan fingerprint density at radius 3 is 2.44 bits per heavy atom. The Hall–Kier alpha value is -2.04. The molecule has 4 aliphatic carbocycles. The lowest BCUT2D eigenvalue weighted by atomic mass is 9.34. The number of nitrogen functional groups attached to an aromatic ring is 1. The number of nitrogens with one attached hydrogen (secondary N) is 1. The van der Waals surface area contributed by atoms with Gasteiger partial charge in [-0.15, -0.1) is 5.10 Å². The number of hydrogen-bond acceptors (Lipinski definition) is 8. The first-order valence-electron chi connectivity index (χ1n) is 18.6. The van der Waals surface area contributed by atoms with Gasteiger partial charge in [-0.25, -0.2) is 0 Å². The maximum absolute atomic E-state index is 13.4. The van der Waals surface area contributed by atoms with Gasteiger partial charge in [-0.2, -0.15) is 4.80 Å². The van der Waals surface area contributed by atoms with Crippen LogP contribution in [0, 0.1) is 62.1 Å². The average Bonchev–Trinajstić information content (AvgIpc) is 3.43. The summed E-state index contributed by atoms with van der Waals surface area (Å²) in [5.41, 5.74) is 6.33. The van der Waals surface area contributed by atoms with Crippen molar-refractivity contribution in [2.24, 2.45) is 62.1 Å². The molecule has 2 heterocycles. The van der Waals surface area contributed by atoms with Crippen molar-refractivity contribution in [3.8, 4) is 0 Å². The predicted molar refractivity (Wildman–Crippen MR) is 187 cm³/mol. The minimum atomic E-state index is -0.626. The number of rotatable bonds is 8. The molecule has 0 aromatic carbocycles. The van der Waals surface area contributed by atoms with Crippen molar-refractivity contribution in [3.05, 3.63) is 11.6 Å². The van der Waals surface area contributed by atoms with Crippen molar-refractivity contribution in [1.82, 2.24) is 25.5 Å². The van der Waals surface area contributed by atoms with Crippen LogP contribution >= 0.6 is 0 Å². The van der Waals surface area contributed by atoms with Crippen LogP contribution in [0.3, 0.4) is 0 Å². The second-order valence-electron chi connectivity index (χ2n) is 19.0. The van der Waals surface area contributed by atoms with Gasteiger partial charge in [-0.05, 0) is 96.1 Å². The van der Waals surface area contributed by atoms with Crippen molar-refractivity contribution in [1.29, 1.82) is 0 Å². The zero-order valence-corrected chi connectivity index (χ0v) is 31.6. The van der Waals surface area contributed by atoms with Crippen LogP contribution in [0.15, 0.2) is 11.6 Å². The molecule has 6 rings (SSSR count). The molecule has 1 aromatic heterocycles. The summed E-state index contributed by atoms with van der Waals surface area (Å²) in [7, 11) is 2.01. The number of carboxylic acids is 1. The molecule has 270 valence electrons. The molecule has 10 heteroatoms. The van der Waals surface area contributed by atoms with Crippen molar-refractivity contribution in [2.75, 3.05) is 32.6 Å².